The van der Waals surface area contributed by atoms with Gasteiger partial charge in [0, 0.05) is 17.6 Å². The van der Waals surface area contributed by atoms with Gasteiger partial charge in [-0.3, -0.25) is 0 Å². The summed E-state index contributed by atoms with van der Waals surface area (Å²) in [5, 5.41) is 0.519. The molecule has 1 aromatic carbocycles. The summed E-state index contributed by atoms with van der Waals surface area (Å²) in [6, 6.07) is 2.95. The fourth-order valence-corrected chi connectivity index (χ4v) is 2.97. The predicted molar refractivity (Wildman–Crippen MR) is 64.2 cm³/mol. The van der Waals surface area contributed by atoms with Crippen molar-refractivity contribution in [1.29, 1.82) is 0 Å². The van der Waals surface area contributed by atoms with E-state index in [2.05, 4.69) is 11.5 Å². The molecule has 3 rings (SSSR count). The normalized spacial score (nSPS) is 14.5. The molecule has 1 heterocycles. The number of aryl methyl sites for hydroxylation is 2. The minimum atomic E-state index is -0.735. The zero-order valence-corrected chi connectivity index (χ0v) is 9.89. The van der Waals surface area contributed by atoms with Gasteiger partial charge in [-0.05, 0) is 43.4 Å². The maximum absolute atomic E-state index is 13.9. The third-order valence-electron chi connectivity index (χ3n) is 3.63. The van der Waals surface area contributed by atoms with Crippen LogP contribution in [0, 0.1) is 11.6 Å². The molecule has 90 valence electrons. The zero-order valence-electron chi connectivity index (χ0n) is 9.89. The summed E-state index contributed by atoms with van der Waals surface area (Å²) >= 11 is 0. The lowest BCUT2D eigenvalue weighted by atomic mass is 10.1. The molecule has 0 saturated heterocycles. The first kappa shape index (κ1) is 10.8. The molecule has 3 heteroatoms. The number of fused-ring (bicyclic) bond motifs is 3. The molecule has 1 aliphatic carbocycles. The molecule has 17 heavy (non-hydrogen) atoms. The monoisotopic (exact) mass is 235 g/mol. The van der Waals surface area contributed by atoms with Gasteiger partial charge in [0.2, 0.25) is 0 Å². The molecule has 0 amide bonds. The molecule has 0 radical (unpaired) electrons. The number of benzene rings is 1. The molecule has 2 aromatic rings. The van der Waals surface area contributed by atoms with Crippen molar-refractivity contribution in [3.05, 3.63) is 35.0 Å². The Hall–Kier alpha value is -1.38. The lowest BCUT2D eigenvalue weighted by Crippen LogP contribution is -2.01. The van der Waals surface area contributed by atoms with E-state index in [9.17, 15) is 8.78 Å². The van der Waals surface area contributed by atoms with E-state index in [1.165, 1.54) is 11.8 Å². The summed E-state index contributed by atoms with van der Waals surface area (Å²) in [5.41, 5.74) is 3.10. The first-order valence-corrected chi connectivity index (χ1v) is 6.22. The van der Waals surface area contributed by atoms with Crippen molar-refractivity contribution in [2.75, 3.05) is 0 Å². The largest absolute Gasteiger partial charge is 0.344 e. The van der Waals surface area contributed by atoms with Crippen LogP contribution < -0.4 is 0 Å². The molecule has 0 unspecified atom stereocenters. The van der Waals surface area contributed by atoms with Crippen LogP contribution >= 0.6 is 0 Å². The number of rotatable bonds is 2. The molecule has 1 nitrogen and oxygen atoms in total. The Morgan fingerprint density at radius 1 is 1.24 bits per heavy atom. The third-order valence-corrected chi connectivity index (χ3v) is 3.63. The van der Waals surface area contributed by atoms with Gasteiger partial charge in [-0.1, -0.05) is 6.92 Å². The van der Waals surface area contributed by atoms with Crippen molar-refractivity contribution in [3.8, 4) is 0 Å². The van der Waals surface area contributed by atoms with E-state index in [0.29, 0.717) is 5.39 Å². The fraction of sp³-hybridized carbons (Fsp3) is 0.429. The van der Waals surface area contributed by atoms with Crippen LogP contribution in [0.1, 0.15) is 31.0 Å². The van der Waals surface area contributed by atoms with E-state index in [-0.39, 0.29) is 0 Å². The maximum Gasteiger partial charge on any atom is 0.168 e. The van der Waals surface area contributed by atoms with Gasteiger partial charge in [0.25, 0.3) is 0 Å². The molecule has 0 N–H and O–H groups in total. The Morgan fingerprint density at radius 3 is 2.82 bits per heavy atom. The standard InChI is InChI=1S/C14H15F2N/c1-2-8-17-11-5-3-4-9(11)13-12(17)7-6-10(15)14(13)16/h6-7H,2-5,8H2,1H3. The highest BCUT2D eigenvalue weighted by Gasteiger charge is 2.24. The van der Waals surface area contributed by atoms with Gasteiger partial charge in [0.1, 0.15) is 0 Å². The van der Waals surface area contributed by atoms with Gasteiger partial charge in [-0.2, -0.15) is 0 Å². The number of halogens is 2. The number of hydrogen-bond donors (Lipinski definition) is 0. The molecular weight excluding hydrogens is 220 g/mol. The van der Waals surface area contributed by atoms with E-state index in [1.54, 1.807) is 6.07 Å². The molecule has 0 aliphatic heterocycles. The third kappa shape index (κ3) is 1.41. The molecule has 0 bridgehead atoms. The minimum Gasteiger partial charge on any atom is -0.344 e. The first-order valence-electron chi connectivity index (χ1n) is 6.22. The second-order valence-electron chi connectivity index (χ2n) is 4.69. The summed E-state index contributed by atoms with van der Waals surface area (Å²) in [4.78, 5) is 0. The van der Waals surface area contributed by atoms with Crippen LogP contribution in [-0.2, 0) is 19.4 Å². The van der Waals surface area contributed by atoms with Gasteiger partial charge >= 0.3 is 0 Å². The zero-order chi connectivity index (χ0) is 12.0. The van der Waals surface area contributed by atoms with Crippen molar-refractivity contribution >= 4 is 10.9 Å². The summed E-state index contributed by atoms with van der Waals surface area (Å²) in [5.74, 6) is -1.41. The molecule has 1 aliphatic rings. The highest BCUT2D eigenvalue weighted by molar-refractivity contribution is 5.87. The van der Waals surface area contributed by atoms with Gasteiger partial charge in [-0.15, -0.1) is 0 Å². The number of aromatic nitrogens is 1. The molecule has 0 fully saturated rings. The summed E-state index contributed by atoms with van der Waals surface area (Å²) in [6.45, 7) is 2.99. The van der Waals surface area contributed by atoms with Crippen molar-refractivity contribution in [3.63, 3.8) is 0 Å². The van der Waals surface area contributed by atoms with Crippen molar-refractivity contribution in [1.82, 2.24) is 4.57 Å². The lowest BCUT2D eigenvalue weighted by Gasteiger charge is -2.07. The van der Waals surface area contributed by atoms with Gasteiger partial charge in [-0.25, -0.2) is 8.78 Å². The second-order valence-corrected chi connectivity index (χ2v) is 4.69. The molecule has 0 atom stereocenters. The van der Waals surface area contributed by atoms with Gasteiger partial charge < -0.3 is 4.57 Å². The van der Waals surface area contributed by atoms with Crippen LogP contribution in [0.5, 0.6) is 0 Å². The van der Waals surface area contributed by atoms with E-state index in [0.717, 1.165) is 43.3 Å². The molecule has 0 saturated carbocycles. The molecule has 0 spiro atoms. The van der Waals surface area contributed by atoms with Crippen LogP contribution in [0.15, 0.2) is 12.1 Å². The molecule has 1 aromatic heterocycles. The fourth-order valence-electron chi connectivity index (χ4n) is 2.97. The van der Waals surface area contributed by atoms with Crippen LogP contribution in [0.3, 0.4) is 0 Å². The molecular formula is C14H15F2N. The highest BCUT2D eigenvalue weighted by Crippen LogP contribution is 2.35. The topological polar surface area (TPSA) is 4.93 Å². The predicted octanol–water partition coefficient (Wildman–Crippen LogP) is 3.82. The minimum absolute atomic E-state index is 0.519. The van der Waals surface area contributed by atoms with Gasteiger partial charge in [0.05, 0.1) is 5.52 Å². The van der Waals surface area contributed by atoms with E-state index >= 15 is 0 Å². The van der Waals surface area contributed by atoms with Crippen molar-refractivity contribution < 1.29 is 8.78 Å². The lowest BCUT2D eigenvalue weighted by molar-refractivity contribution is 0.516. The summed E-state index contributed by atoms with van der Waals surface area (Å²) in [7, 11) is 0. The Bertz CT molecular complexity index is 584. The quantitative estimate of drug-likeness (QED) is 0.745. The highest BCUT2D eigenvalue weighted by atomic mass is 19.2. The van der Waals surface area contributed by atoms with E-state index in [4.69, 9.17) is 0 Å². The van der Waals surface area contributed by atoms with Crippen LogP contribution in [0.2, 0.25) is 0 Å². The van der Waals surface area contributed by atoms with Crippen LogP contribution in [0.4, 0.5) is 8.78 Å². The summed E-state index contributed by atoms with van der Waals surface area (Å²) < 4.78 is 29.4. The smallest absolute Gasteiger partial charge is 0.168 e. The Morgan fingerprint density at radius 2 is 2.06 bits per heavy atom. The SMILES string of the molecule is CCCn1c2c(c3c(F)c(F)ccc31)CCC2. The Labute approximate surface area is 99.0 Å². The first-order chi connectivity index (χ1) is 8.24. The summed E-state index contributed by atoms with van der Waals surface area (Å²) in [6.07, 6.45) is 3.93. The van der Waals surface area contributed by atoms with Crippen molar-refractivity contribution in [2.45, 2.75) is 39.2 Å². The van der Waals surface area contributed by atoms with Crippen LogP contribution in [0.25, 0.3) is 10.9 Å². The number of nitrogens with zero attached hydrogens (tertiary/aromatic N) is 1. The Balaban J connectivity index is 2.37. The van der Waals surface area contributed by atoms with Crippen molar-refractivity contribution in [2.24, 2.45) is 0 Å². The second kappa shape index (κ2) is 3.83. The van der Waals surface area contributed by atoms with Crippen LogP contribution in [-0.4, -0.2) is 4.57 Å². The average molecular weight is 235 g/mol. The van der Waals surface area contributed by atoms with Gasteiger partial charge in [0.15, 0.2) is 11.6 Å². The van der Waals surface area contributed by atoms with E-state index < -0.39 is 11.6 Å². The Kier molecular flexibility index (Phi) is 2.42. The maximum atomic E-state index is 13.9. The number of hydrogen-bond acceptors (Lipinski definition) is 0. The average Bonchev–Trinajstić information content (AvgIpc) is 2.87. The van der Waals surface area contributed by atoms with E-state index in [1.807, 2.05) is 0 Å².